The van der Waals surface area contributed by atoms with Gasteiger partial charge in [0.05, 0.1) is 12.7 Å². The molecule has 0 radical (unpaired) electrons. The molecule has 0 fully saturated rings. The van der Waals surface area contributed by atoms with E-state index < -0.39 is 6.43 Å². The van der Waals surface area contributed by atoms with Gasteiger partial charge >= 0.3 is 0 Å². The van der Waals surface area contributed by atoms with E-state index in [1.165, 1.54) is 13.2 Å². The lowest BCUT2D eigenvalue weighted by molar-refractivity contribution is 0.147. The van der Waals surface area contributed by atoms with E-state index in [0.29, 0.717) is 15.6 Å². The third kappa shape index (κ3) is 3.17. The molecule has 0 aliphatic heterocycles. The fourth-order valence-electron chi connectivity index (χ4n) is 1.79. The van der Waals surface area contributed by atoms with Crippen LogP contribution in [-0.4, -0.2) is 7.11 Å². The Morgan fingerprint density at radius 3 is 2.11 bits per heavy atom. The van der Waals surface area contributed by atoms with Gasteiger partial charge in [-0.2, -0.15) is 0 Å². The quantitative estimate of drug-likeness (QED) is 0.716. The summed E-state index contributed by atoms with van der Waals surface area (Å²) in [5, 5.41) is 0.971. The molecular weight excluding hydrogens is 293 g/mol. The molecule has 0 aromatic heterocycles. The van der Waals surface area contributed by atoms with Gasteiger partial charge in [-0.3, -0.25) is 0 Å². The van der Waals surface area contributed by atoms with Crippen LogP contribution in [0.4, 0.5) is 8.78 Å². The highest BCUT2D eigenvalue weighted by molar-refractivity contribution is 6.35. The predicted octanol–water partition coefficient (Wildman–Crippen LogP) is 5.61. The Balaban J connectivity index is 2.51. The molecule has 0 unspecified atom stereocenters. The smallest absolute Gasteiger partial charge is 0.267 e. The monoisotopic (exact) mass is 302 g/mol. The van der Waals surface area contributed by atoms with E-state index in [-0.39, 0.29) is 11.3 Å². The molecule has 19 heavy (non-hydrogen) atoms. The van der Waals surface area contributed by atoms with E-state index in [4.69, 9.17) is 27.9 Å². The van der Waals surface area contributed by atoms with Crippen LogP contribution in [0.1, 0.15) is 12.0 Å². The van der Waals surface area contributed by atoms with Crippen LogP contribution < -0.4 is 4.74 Å². The van der Waals surface area contributed by atoms with E-state index in [1.807, 2.05) is 0 Å². The van der Waals surface area contributed by atoms with Crippen LogP contribution in [-0.2, 0) is 0 Å². The number of ether oxygens (including phenoxy) is 1. The van der Waals surface area contributed by atoms with Gasteiger partial charge in [-0.25, -0.2) is 8.78 Å². The summed E-state index contributed by atoms with van der Waals surface area (Å²) in [7, 11) is 1.36. The molecule has 0 N–H and O–H groups in total. The van der Waals surface area contributed by atoms with Gasteiger partial charge in [0.25, 0.3) is 6.43 Å². The first kappa shape index (κ1) is 14.1. The summed E-state index contributed by atoms with van der Waals surface area (Å²) >= 11 is 11.8. The van der Waals surface area contributed by atoms with Crippen molar-refractivity contribution < 1.29 is 13.5 Å². The van der Waals surface area contributed by atoms with Crippen molar-refractivity contribution in [3.05, 3.63) is 52.0 Å². The number of hydrogen-bond donors (Lipinski definition) is 0. The van der Waals surface area contributed by atoms with Gasteiger partial charge in [0.2, 0.25) is 0 Å². The summed E-state index contributed by atoms with van der Waals surface area (Å²) in [6, 6.07) is 9.51. The fourth-order valence-corrected chi connectivity index (χ4v) is 2.32. The molecule has 0 saturated heterocycles. The Morgan fingerprint density at radius 2 is 1.58 bits per heavy atom. The second-order valence-electron chi connectivity index (χ2n) is 3.92. The SMILES string of the molecule is COc1cc(-c2cc(Cl)cc(Cl)c2)ccc1C(F)F. The van der Waals surface area contributed by atoms with Gasteiger partial charge < -0.3 is 4.74 Å². The first-order valence-electron chi connectivity index (χ1n) is 5.44. The lowest BCUT2D eigenvalue weighted by atomic mass is 10.0. The molecule has 0 spiro atoms. The Kier molecular flexibility index (Phi) is 4.27. The predicted molar refractivity (Wildman–Crippen MR) is 73.4 cm³/mol. The second kappa shape index (κ2) is 5.76. The Hall–Kier alpha value is -1.32. The minimum absolute atomic E-state index is 0.139. The fraction of sp³-hybridized carbons (Fsp3) is 0.143. The molecular formula is C14H10Cl2F2O. The third-order valence-corrected chi connectivity index (χ3v) is 3.10. The maximum atomic E-state index is 12.8. The molecule has 0 aliphatic carbocycles. The number of rotatable bonds is 3. The van der Waals surface area contributed by atoms with E-state index in [0.717, 1.165) is 5.56 Å². The summed E-state index contributed by atoms with van der Waals surface area (Å²) in [5.41, 5.74) is 1.32. The molecule has 1 nitrogen and oxygen atoms in total. The van der Waals surface area contributed by atoms with Gasteiger partial charge in [0.1, 0.15) is 5.75 Å². The van der Waals surface area contributed by atoms with Crippen LogP contribution in [0.25, 0.3) is 11.1 Å². The van der Waals surface area contributed by atoms with Crippen molar-refractivity contribution in [3.8, 4) is 16.9 Å². The van der Waals surface area contributed by atoms with Crippen LogP contribution in [0.2, 0.25) is 10.0 Å². The van der Waals surface area contributed by atoms with E-state index >= 15 is 0 Å². The van der Waals surface area contributed by atoms with Gasteiger partial charge in [-0.1, -0.05) is 29.3 Å². The Morgan fingerprint density at radius 1 is 0.947 bits per heavy atom. The molecule has 0 bridgehead atoms. The van der Waals surface area contributed by atoms with Gasteiger partial charge in [0, 0.05) is 10.0 Å². The van der Waals surface area contributed by atoms with E-state index in [1.54, 1.807) is 30.3 Å². The summed E-state index contributed by atoms with van der Waals surface area (Å²) in [6.07, 6.45) is -2.58. The third-order valence-electron chi connectivity index (χ3n) is 2.66. The zero-order valence-corrected chi connectivity index (χ0v) is 11.5. The average Bonchev–Trinajstić information content (AvgIpc) is 2.36. The van der Waals surface area contributed by atoms with Crippen molar-refractivity contribution in [1.29, 1.82) is 0 Å². The minimum atomic E-state index is -2.58. The van der Waals surface area contributed by atoms with Crippen molar-refractivity contribution in [3.63, 3.8) is 0 Å². The highest BCUT2D eigenvalue weighted by atomic mass is 35.5. The molecule has 0 atom stereocenters. The molecule has 100 valence electrons. The van der Waals surface area contributed by atoms with Crippen molar-refractivity contribution in [2.75, 3.05) is 7.11 Å². The molecule has 2 rings (SSSR count). The molecule has 2 aromatic carbocycles. The van der Waals surface area contributed by atoms with Gasteiger partial charge in [-0.05, 0) is 41.5 Å². The largest absolute Gasteiger partial charge is 0.496 e. The summed E-state index contributed by atoms with van der Waals surface area (Å²) in [5.74, 6) is 0.142. The number of benzene rings is 2. The standard InChI is InChI=1S/C14H10Cl2F2O/c1-19-13-6-8(2-3-12(13)14(17)18)9-4-10(15)7-11(16)5-9/h2-7,14H,1H3. The zero-order chi connectivity index (χ0) is 14.0. The molecule has 2 aromatic rings. The Bertz CT molecular complexity index is 580. The van der Waals surface area contributed by atoms with Crippen molar-refractivity contribution in [1.82, 2.24) is 0 Å². The minimum Gasteiger partial charge on any atom is -0.496 e. The molecule has 0 amide bonds. The van der Waals surface area contributed by atoms with Crippen molar-refractivity contribution in [2.45, 2.75) is 6.43 Å². The van der Waals surface area contributed by atoms with Crippen LogP contribution in [0, 0.1) is 0 Å². The highest BCUT2D eigenvalue weighted by Gasteiger charge is 2.14. The van der Waals surface area contributed by atoms with Crippen LogP contribution in [0.5, 0.6) is 5.75 Å². The number of methoxy groups -OCH3 is 1. The van der Waals surface area contributed by atoms with Crippen LogP contribution in [0.3, 0.4) is 0 Å². The highest BCUT2D eigenvalue weighted by Crippen LogP contribution is 2.34. The lowest BCUT2D eigenvalue weighted by Crippen LogP contribution is -1.93. The van der Waals surface area contributed by atoms with E-state index in [2.05, 4.69) is 0 Å². The normalized spacial score (nSPS) is 10.8. The second-order valence-corrected chi connectivity index (χ2v) is 4.79. The maximum Gasteiger partial charge on any atom is 0.267 e. The number of hydrogen-bond acceptors (Lipinski definition) is 1. The number of halogens is 4. The van der Waals surface area contributed by atoms with Crippen LogP contribution in [0.15, 0.2) is 36.4 Å². The Labute approximate surface area is 119 Å². The summed E-state index contributed by atoms with van der Waals surface area (Å²) < 4.78 is 30.5. The van der Waals surface area contributed by atoms with Gasteiger partial charge in [0.15, 0.2) is 0 Å². The zero-order valence-electron chi connectivity index (χ0n) is 9.96. The van der Waals surface area contributed by atoms with Crippen molar-refractivity contribution >= 4 is 23.2 Å². The summed E-state index contributed by atoms with van der Waals surface area (Å²) in [4.78, 5) is 0. The first-order chi connectivity index (χ1) is 9.01. The average molecular weight is 303 g/mol. The lowest BCUT2D eigenvalue weighted by Gasteiger charge is -2.10. The van der Waals surface area contributed by atoms with Crippen molar-refractivity contribution in [2.24, 2.45) is 0 Å². The molecule has 5 heteroatoms. The first-order valence-corrected chi connectivity index (χ1v) is 6.19. The van der Waals surface area contributed by atoms with Crippen LogP contribution >= 0.6 is 23.2 Å². The maximum absolute atomic E-state index is 12.8. The topological polar surface area (TPSA) is 9.23 Å². The van der Waals surface area contributed by atoms with E-state index in [9.17, 15) is 8.78 Å². The molecule has 0 heterocycles. The number of alkyl halides is 2. The molecule has 0 aliphatic rings. The summed E-state index contributed by atoms with van der Waals surface area (Å²) in [6.45, 7) is 0. The molecule has 0 saturated carbocycles. The van der Waals surface area contributed by atoms with Gasteiger partial charge in [-0.15, -0.1) is 0 Å².